The van der Waals surface area contributed by atoms with Crippen LogP contribution < -0.4 is 16.7 Å². The number of morpholine rings is 1. The van der Waals surface area contributed by atoms with E-state index in [1.54, 1.807) is 0 Å². The number of nitrogens with zero attached hydrogens (tertiary/aromatic N) is 4. The van der Waals surface area contributed by atoms with E-state index in [0.717, 1.165) is 13.9 Å². The Hall–Kier alpha value is -1.83. The maximum Gasteiger partial charge on any atom is 0.354 e. The van der Waals surface area contributed by atoms with Gasteiger partial charge in [-0.05, 0) is 13.0 Å². The summed E-state index contributed by atoms with van der Waals surface area (Å²) >= 11 is 0. The van der Waals surface area contributed by atoms with Crippen LogP contribution in [0.25, 0.3) is 0 Å². The molecule has 5 heterocycles. The summed E-state index contributed by atoms with van der Waals surface area (Å²) in [5, 5.41) is 14.2. The molecule has 12 heteroatoms. The molecule has 160 valence electrons. The quantitative estimate of drug-likeness (QED) is 0.460. The molecule has 4 atom stereocenters. The third kappa shape index (κ3) is 3.39. The van der Waals surface area contributed by atoms with Crippen molar-refractivity contribution in [1.82, 2.24) is 24.1 Å². The number of epoxide rings is 2. The van der Waals surface area contributed by atoms with Gasteiger partial charge in [0.25, 0.3) is 5.91 Å². The lowest BCUT2D eigenvalue weighted by Crippen LogP contribution is -2.64. The highest BCUT2D eigenvalue weighted by Gasteiger charge is 2.52. The van der Waals surface area contributed by atoms with E-state index in [2.05, 4.69) is 5.32 Å². The van der Waals surface area contributed by atoms with Gasteiger partial charge in [-0.3, -0.25) is 15.0 Å². The number of aromatic nitrogens is 3. The summed E-state index contributed by atoms with van der Waals surface area (Å²) in [6.45, 7) is 3.72. The number of hydrogen-bond donors (Lipinski definition) is 2. The van der Waals surface area contributed by atoms with Crippen LogP contribution in [0.5, 0.6) is 0 Å². The fourth-order valence-electron chi connectivity index (χ4n) is 4.22. The van der Waals surface area contributed by atoms with Gasteiger partial charge in [-0.15, -0.1) is 0 Å². The zero-order valence-electron chi connectivity index (χ0n) is 16.0. The van der Waals surface area contributed by atoms with Crippen molar-refractivity contribution in [2.75, 3.05) is 46.1 Å². The van der Waals surface area contributed by atoms with Crippen LogP contribution >= 0.6 is 0 Å². The van der Waals surface area contributed by atoms with Crippen molar-refractivity contribution in [2.24, 2.45) is 0 Å². The molecule has 0 aromatic carbocycles. The highest BCUT2D eigenvalue weighted by atomic mass is 16.6. The zero-order chi connectivity index (χ0) is 20.2. The van der Waals surface area contributed by atoms with Crippen molar-refractivity contribution < 1.29 is 24.1 Å². The summed E-state index contributed by atoms with van der Waals surface area (Å²) in [4.78, 5) is 41.3. The summed E-state index contributed by atoms with van der Waals surface area (Å²) in [6, 6.07) is -0.512. The van der Waals surface area contributed by atoms with Crippen LogP contribution in [-0.2, 0) is 27.3 Å². The van der Waals surface area contributed by atoms with E-state index < -0.39 is 29.1 Å². The topological polar surface area (TPSA) is 136 Å². The van der Waals surface area contributed by atoms with E-state index in [0.29, 0.717) is 52.5 Å². The average molecular weight is 411 g/mol. The van der Waals surface area contributed by atoms with Gasteiger partial charge in [0, 0.05) is 13.1 Å². The summed E-state index contributed by atoms with van der Waals surface area (Å²) in [5.74, 6) is -0.843. The van der Waals surface area contributed by atoms with Crippen molar-refractivity contribution in [3.05, 3.63) is 21.0 Å². The fourth-order valence-corrected chi connectivity index (χ4v) is 4.22. The van der Waals surface area contributed by atoms with Gasteiger partial charge in [0.2, 0.25) is 5.72 Å². The van der Waals surface area contributed by atoms with Gasteiger partial charge in [-0.25, -0.2) is 18.8 Å². The summed E-state index contributed by atoms with van der Waals surface area (Å²) in [5.41, 5.74) is -3.33. The molecule has 2 N–H and O–H groups in total. The molecule has 3 unspecified atom stereocenters. The summed E-state index contributed by atoms with van der Waals surface area (Å²) in [6.07, 6.45) is 0.120. The molecule has 4 fully saturated rings. The smallest absolute Gasteiger partial charge is 0.354 e. The Bertz CT molecular complexity index is 908. The minimum atomic E-state index is -1.97. The van der Waals surface area contributed by atoms with E-state index in [1.165, 1.54) is 0 Å². The monoisotopic (exact) mass is 411 g/mol. The molecule has 12 nitrogen and oxygen atoms in total. The van der Waals surface area contributed by atoms with Gasteiger partial charge in [0.05, 0.1) is 51.7 Å². The molecule has 0 amide bonds. The maximum absolute atomic E-state index is 13.5. The lowest BCUT2D eigenvalue weighted by Gasteiger charge is -2.38. The van der Waals surface area contributed by atoms with Crippen LogP contribution in [0.2, 0.25) is 0 Å². The van der Waals surface area contributed by atoms with Crippen molar-refractivity contribution in [3.63, 3.8) is 0 Å². The standard InChI is InChI=1S/C17H25N5O7/c23-14(17(26)13(1-2-18-17)19-3-5-27-6-4-19)22-16(25)20(7-11-9-28-11)15(24)21(22)8-12-10-29-12/h11-13,18,26H,1-10H2/t11?,12?,13?,17-/m1/s1. The van der Waals surface area contributed by atoms with Crippen LogP contribution in [0.3, 0.4) is 0 Å². The zero-order valence-corrected chi connectivity index (χ0v) is 16.0. The number of ether oxygens (including phenoxy) is 3. The maximum atomic E-state index is 13.5. The average Bonchev–Trinajstić information content (AvgIpc) is 3.64. The molecular formula is C17H25N5O7. The summed E-state index contributed by atoms with van der Waals surface area (Å²) in [7, 11) is 0. The molecule has 0 bridgehead atoms. The molecule has 4 aliphatic heterocycles. The molecule has 5 rings (SSSR count). The lowest BCUT2D eigenvalue weighted by atomic mass is 10.0. The Balaban J connectivity index is 1.52. The Kier molecular flexibility index (Phi) is 4.72. The van der Waals surface area contributed by atoms with Gasteiger partial charge >= 0.3 is 11.4 Å². The third-order valence-electron chi connectivity index (χ3n) is 5.97. The van der Waals surface area contributed by atoms with Crippen LogP contribution in [0.1, 0.15) is 11.2 Å². The number of nitrogens with one attached hydrogen (secondary N) is 1. The Morgan fingerprint density at radius 3 is 2.41 bits per heavy atom. The van der Waals surface area contributed by atoms with Gasteiger partial charge in [0.1, 0.15) is 6.10 Å². The van der Waals surface area contributed by atoms with E-state index >= 15 is 0 Å². The molecular weight excluding hydrogens is 386 g/mol. The number of hydrogen-bond acceptors (Lipinski definition) is 9. The molecule has 1 aromatic heterocycles. The minimum Gasteiger partial charge on any atom is -0.379 e. The van der Waals surface area contributed by atoms with E-state index in [1.807, 2.05) is 4.90 Å². The highest BCUT2D eigenvalue weighted by Crippen LogP contribution is 2.25. The van der Waals surface area contributed by atoms with Gasteiger partial charge < -0.3 is 19.3 Å². The Morgan fingerprint density at radius 1 is 1.10 bits per heavy atom. The van der Waals surface area contributed by atoms with Gasteiger partial charge in [-0.1, -0.05) is 0 Å². The second kappa shape index (κ2) is 7.15. The second-order valence-electron chi connectivity index (χ2n) is 7.93. The molecule has 1 aromatic rings. The molecule has 0 radical (unpaired) electrons. The van der Waals surface area contributed by atoms with Crippen LogP contribution in [0.15, 0.2) is 9.59 Å². The molecule has 0 saturated carbocycles. The second-order valence-corrected chi connectivity index (χ2v) is 7.93. The first-order valence-corrected chi connectivity index (χ1v) is 9.99. The van der Waals surface area contributed by atoms with E-state index in [9.17, 15) is 19.5 Å². The highest BCUT2D eigenvalue weighted by molar-refractivity contribution is 5.87. The molecule has 4 aliphatic rings. The first-order valence-electron chi connectivity index (χ1n) is 9.99. The largest absolute Gasteiger partial charge is 0.379 e. The van der Waals surface area contributed by atoms with Gasteiger partial charge in [-0.2, -0.15) is 4.68 Å². The van der Waals surface area contributed by atoms with Crippen molar-refractivity contribution in [1.29, 1.82) is 0 Å². The first-order chi connectivity index (χ1) is 14.0. The Labute approximate surface area is 165 Å². The fraction of sp³-hybridized carbons (Fsp3) is 0.824. The van der Waals surface area contributed by atoms with Crippen LogP contribution in [-0.4, -0.2) is 99.9 Å². The number of rotatable bonds is 6. The SMILES string of the molecule is O=C(n1c(=O)n(CC2CO2)c(=O)n1CC1CO1)[C@@]1(O)NCCC1N1CCOCC1. The number of carbonyl (C=O) groups excluding carboxylic acids is 1. The predicted octanol–water partition coefficient (Wildman–Crippen LogP) is -3.37. The summed E-state index contributed by atoms with van der Waals surface area (Å²) < 4.78 is 18.5. The van der Waals surface area contributed by atoms with E-state index in [-0.39, 0.29) is 25.3 Å². The predicted molar refractivity (Wildman–Crippen MR) is 96.8 cm³/mol. The number of carbonyl (C=O) groups is 1. The molecule has 29 heavy (non-hydrogen) atoms. The van der Waals surface area contributed by atoms with Crippen LogP contribution in [0.4, 0.5) is 0 Å². The first kappa shape index (κ1) is 19.2. The van der Waals surface area contributed by atoms with Crippen molar-refractivity contribution in [3.8, 4) is 0 Å². The Morgan fingerprint density at radius 2 is 1.76 bits per heavy atom. The molecule has 4 saturated heterocycles. The third-order valence-corrected chi connectivity index (χ3v) is 5.97. The lowest BCUT2D eigenvalue weighted by molar-refractivity contribution is -0.0598. The minimum absolute atomic E-state index is 0.0800. The van der Waals surface area contributed by atoms with Crippen LogP contribution in [0, 0.1) is 0 Å². The van der Waals surface area contributed by atoms with E-state index in [4.69, 9.17) is 14.2 Å². The van der Waals surface area contributed by atoms with Crippen molar-refractivity contribution in [2.45, 2.75) is 43.5 Å². The van der Waals surface area contributed by atoms with Crippen molar-refractivity contribution >= 4 is 5.91 Å². The normalized spacial score (nSPS) is 34.4. The molecule has 0 aliphatic carbocycles. The molecule has 0 spiro atoms. The number of aliphatic hydroxyl groups is 1. The van der Waals surface area contributed by atoms with Gasteiger partial charge in [0.15, 0.2) is 0 Å².